The minimum atomic E-state index is 0.793. The van der Waals surface area contributed by atoms with Crippen LogP contribution in [0.4, 0.5) is 0 Å². The molecule has 0 amide bonds. The molecular weight excluding hydrogens is 186 g/mol. The summed E-state index contributed by atoms with van der Waals surface area (Å²) in [6.07, 6.45) is 2.45. The van der Waals surface area contributed by atoms with Crippen LogP contribution in [0.2, 0.25) is 0 Å². The van der Waals surface area contributed by atoms with Crippen LogP contribution in [-0.4, -0.2) is 43.6 Å². The number of piperidine rings is 1. The van der Waals surface area contributed by atoms with Crippen LogP contribution in [0.15, 0.2) is 0 Å². The van der Waals surface area contributed by atoms with Crippen molar-refractivity contribution in [1.82, 2.24) is 4.90 Å². The van der Waals surface area contributed by atoms with Crippen LogP contribution >= 0.6 is 11.6 Å². The molecule has 0 spiro atoms. The van der Waals surface area contributed by atoms with E-state index >= 15 is 0 Å². The SMILES string of the molecule is ClCCCN1CC[C@H]2COC[C@H]2C1. The van der Waals surface area contributed by atoms with E-state index in [-0.39, 0.29) is 0 Å². The van der Waals surface area contributed by atoms with Gasteiger partial charge in [-0.05, 0) is 31.8 Å². The molecule has 2 nitrogen and oxygen atoms in total. The van der Waals surface area contributed by atoms with E-state index < -0.39 is 0 Å². The van der Waals surface area contributed by atoms with Crippen LogP contribution in [0.3, 0.4) is 0 Å². The van der Waals surface area contributed by atoms with E-state index in [1.54, 1.807) is 0 Å². The summed E-state index contributed by atoms with van der Waals surface area (Å²) < 4.78 is 5.49. The predicted molar refractivity (Wildman–Crippen MR) is 54.2 cm³/mol. The summed E-state index contributed by atoms with van der Waals surface area (Å²) in [5.41, 5.74) is 0. The van der Waals surface area contributed by atoms with E-state index in [0.717, 1.165) is 37.4 Å². The number of hydrogen-bond donors (Lipinski definition) is 0. The van der Waals surface area contributed by atoms with Gasteiger partial charge < -0.3 is 9.64 Å². The summed E-state index contributed by atoms with van der Waals surface area (Å²) in [4.78, 5) is 2.54. The second-order valence-corrected chi connectivity index (χ2v) is 4.57. The van der Waals surface area contributed by atoms with Gasteiger partial charge in [-0.1, -0.05) is 0 Å². The van der Waals surface area contributed by atoms with Crippen molar-refractivity contribution in [2.24, 2.45) is 11.8 Å². The third-order valence-corrected chi connectivity index (χ3v) is 3.51. The lowest BCUT2D eigenvalue weighted by Gasteiger charge is -2.33. The molecule has 2 atom stereocenters. The van der Waals surface area contributed by atoms with Crippen molar-refractivity contribution in [3.05, 3.63) is 0 Å². The fourth-order valence-corrected chi connectivity index (χ4v) is 2.54. The van der Waals surface area contributed by atoms with Crippen molar-refractivity contribution >= 4 is 11.6 Å². The first kappa shape index (κ1) is 9.75. The molecule has 0 N–H and O–H groups in total. The topological polar surface area (TPSA) is 12.5 Å². The van der Waals surface area contributed by atoms with Crippen LogP contribution in [0.1, 0.15) is 12.8 Å². The number of likely N-dealkylation sites (tertiary alicyclic amines) is 1. The zero-order valence-electron chi connectivity index (χ0n) is 8.04. The Kier molecular flexibility index (Phi) is 3.47. The normalized spacial score (nSPS) is 34.8. The first-order chi connectivity index (χ1) is 6.40. The highest BCUT2D eigenvalue weighted by atomic mass is 35.5. The summed E-state index contributed by atoms with van der Waals surface area (Å²) in [6.45, 7) is 5.66. The predicted octanol–water partition coefficient (Wildman–Crippen LogP) is 1.58. The molecule has 2 fully saturated rings. The van der Waals surface area contributed by atoms with E-state index in [1.807, 2.05) is 0 Å². The molecule has 2 rings (SSSR count). The maximum absolute atomic E-state index is 5.68. The van der Waals surface area contributed by atoms with Gasteiger partial charge in [-0.2, -0.15) is 0 Å². The second-order valence-electron chi connectivity index (χ2n) is 4.19. The van der Waals surface area contributed by atoms with Gasteiger partial charge in [0.05, 0.1) is 6.61 Å². The van der Waals surface area contributed by atoms with Gasteiger partial charge in [0.1, 0.15) is 0 Å². The molecule has 0 radical (unpaired) electrons. The van der Waals surface area contributed by atoms with Crippen LogP contribution < -0.4 is 0 Å². The summed E-state index contributed by atoms with van der Waals surface area (Å²) in [7, 11) is 0. The Bertz CT molecular complexity index is 165. The quantitative estimate of drug-likeness (QED) is 0.646. The van der Waals surface area contributed by atoms with Gasteiger partial charge in [0, 0.05) is 24.9 Å². The molecule has 0 bridgehead atoms. The Balaban J connectivity index is 1.76. The van der Waals surface area contributed by atoms with Gasteiger partial charge in [-0.25, -0.2) is 0 Å². The zero-order chi connectivity index (χ0) is 9.10. The molecule has 0 saturated carbocycles. The van der Waals surface area contributed by atoms with Crippen LogP contribution in [0.5, 0.6) is 0 Å². The molecule has 0 aromatic heterocycles. The summed E-state index contributed by atoms with van der Waals surface area (Å²) in [5, 5.41) is 0. The molecule has 2 aliphatic heterocycles. The van der Waals surface area contributed by atoms with Gasteiger partial charge in [0.15, 0.2) is 0 Å². The lowest BCUT2D eigenvalue weighted by atomic mass is 9.89. The van der Waals surface area contributed by atoms with Crippen LogP contribution in [0.25, 0.3) is 0 Å². The van der Waals surface area contributed by atoms with E-state index in [2.05, 4.69) is 4.90 Å². The van der Waals surface area contributed by atoms with Crippen molar-refractivity contribution in [2.75, 3.05) is 38.7 Å². The fourth-order valence-electron chi connectivity index (χ4n) is 2.42. The second kappa shape index (κ2) is 4.63. The van der Waals surface area contributed by atoms with E-state index in [9.17, 15) is 0 Å². The third kappa shape index (κ3) is 2.36. The highest BCUT2D eigenvalue weighted by molar-refractivity contribution is 6.17. The summed E-state index contributed by atoms with van der Waals surface area (Å²) in [5.74, 6) is 2.46. The molecule has 0 aromatic rings. The van der Waals surface area contributed by atoms with Gasteiger partial charge in [-0.15, -0.1) is 11.6 Å². The van der Waals surface area contributed by atoms with Crippen LogP contribution in [-0.2, 0) is 4.74 Å². The smallest absolute Gasteiger partial charge is 0.0510 e. The third-order valence-electron chi connectivity index (χ3n) is 3.25. The van der Waals surface area contributed by atoms with Gasteiger partial charge in [-0.3, -0.25) is 0 Å². The monoisotopic (exact) mass is 203 g/mol. The molecular formula is C10H18ClNO. The average Bonchev–Trinajstić information content (AvgIpc) is 2.61. The number of fused-ring (bicyclic) bond motifs is 1. The first-order valence-corrected chi connectivity index (χ1v) is 5.79. The number of hydrogen-bond acceptors (Lipinski definition) is 2. The maximum Gasteiger partial charge on any atom is 0.0510 e. The molecule has 13 heavy (non-hydrogen) atoms. The Morgan fingerprint density at radius 3 is 3.00 bits per heavy atom. The highest BCUT2D eigenvalue weighted by Crippen LogP contribution is 2.29. The summed E-state index contributed by atoms with van der Waals surface area (Å²) >= 11 is 5.68. The Morgan fingerprint density at radius 2 is 2.15 bits per heavy atom. The van der Waals surface area contributed by atoms with Crippen LogP contribution in [0, 0.1) is 11.8 Å². The molecule has 2 saturated heterocycles. The molecule has 0 aromatic carbocycles. The molecule has 3 heteroatoms. The van der Waals surface area contributed by atoms with Crippen molar-refractivity contribution < 1.29 is 4.74 Å². The number of nitrogens with zero attached hydrogens (tertiary/aromatic N) is 1. The molecule has 0 aliphatic carbocycles. The minimum Gasteiger partial charge on any atom is -0.381 e. The standard InChI is InChI=1S/C10H18ClNO/c11-3-1-4-12-5-2-9-7-13-8-10(9)6-12/h9-10H,1-8H2/t9-,10+/m0/s1. The molecule has 0 unspecified atom stereocenters. The number of rotatable bonds is 3. The number of alkyl halides is 1. The van der Waals surface area contributed by atoms with Crippen molar-refractivity contribution in [3.63, 3.8) is 0 Å². The Morgan fingerprint density at radius 1 is 1.31 bits per heavy atom. The Hall–Kier alpha value is 0.210. The van der Waals surface area contributed by atoms with E-state index in [1.165, 1.54) is 26.1 Å². The number of ether oxygens (including phenoxy) is 1. The molecule has 2 aliphatic rings. The van der Waals surface area contributed by atoms with Crippen molar-refractivity contribution in [1.29, 1.82) is 0 Å². The molecule has 76 valence electrons. The largest absolute Gasteiger partial charge is 0.381 e. The van der Waals surface area contributed by atoms with Crippen molar-refractivity contribution in [3.8, 4) is 0 Å². The highest BCUT2D eigenvalue weighted by Gasteiger charge is 2.33. The minimum absolute atomic E-state index is 0.793. The van der Waals surface area contributed by atoms with E-state index in [0.29, 0.717) is 0 Å². The number of halogens is 1. The summed E-state index contributed by atoms with van der Waals surface area (Å²) in [6, 6.07) is 0. The molecule has 2 heterocycles. The zero-order valence-corrected chi connectivity index (χ0v) is 8.80. The van der Waals surface area contributed by atoms with Crippen molar-refractivity contribution in [2.45, 2.75) is 12.8 Å². The maximum atomic E-state index is 5.68. The average molecular weight is 204 g/mol. The van der Waals surface area contributed by atoms with Gasteiger partial charge in [0.25, 0.3) is 0 Å². The van der Waals surface area contributed by atoms with Gasteiger partial charge >= 0.3 is 0 Å². The lowest BCUT2D eigenvalue weighted by Crippen LogP contribution is -2.40. The van der Waals surface area contributed by atoms with Gasteiger partial charge in [0.2, 0.25) is 0 Å². The lowest BCUT2D eigenvalue weighted by molar-refractivity contribution is 0.147. The fraction of sp³-hybridized carbons (Fsp3) is 1.00. The Labute approximate surface area is 85.2 Å². The first-order valence-electron chi connectivity index (χ1n) is 5.26. The van der Waals surface area contributed by atoms with E-state index in [4.69, 9.17) is 16.3 Å².